The van der Waals surface area contributed by atoms with Crippen LogP contribution in [0.25, 0.3) is 0 Å². The predicted molar refractivity (Wildman–Crippen MR) is 68.4 cm³/mol. The molecule has 3 N–H and O–H groups in total. The molecule has 2 rings (SSSR count). The van der Waals surface area contributed by atoms with Gasteiger partial charge in [0.15, 0.2) is 0 Å². The number of nitrogens with one attached hydrogen (secondary N) is 1. The van der Waals surface area contributed by atoms with E-state index in [0.29, 0.717) is 25.4 Å². The Morgan fingerprint density at radius 3 is 2.83 bits per heavy atom. The zero-order chi connectivity index (χ0) is 13.2. The van der Waals surface area contributed by atoms with Crippen LogP contribution in [0.5, 0.6) is 0 Å². The summed E-state index contributed by atoms with van der Waals surface area (Å²) in [7, 11) is -3.54. The smallest absolute Gasteiger partial charge is 0.245 e. The highest BCUT2D eigenvalue weighted by Crippen LogP contribution is 2.26. The first-order valence-electron chi connectivity index (χ1n) is 5.72. The average molecular weight is 271 g/mol. The molecule has 0 bridgehead atoms. The molecule has 0 aromatic heterocycles. The highest BCUT2D eigenvalue weighted by Gasteiger charge is 2.32. The van der Waals surface area contributed by atoms with Crippen LogP contribution in [-0.4, -0.2) is 38.5 Å². The molecule has 0 saturated carbocycles. The molecular formula is C11H17N3O3S. The fourth-order valence-corrected chi connectivity index (χ4v) is 3.76. The fraction of sp³-hybridized carbons (Fsp3) is 0.455. The summed E-state index contributed by atoms with van der Waals surface area (Å²) in [6.07, 6.45) is 0. The third-order valence-electron chi connectivity index (χ3n) is 2.94. The van der Waals surface area contributed by atoms with Crippen molar-refractivity contribution in [2.45, 2.75) is 17.9 Å². The van der Waals surface area contributed by atoms with Crippen LogP contribution in [0.4, 0.5) is 5.69 Å². The number of ether oxygens (including phenoxy) is 1. The minimum absolute atomic E-state index is 0.172. The lowest BCUT2D eigenvalue weighted by Gasteiger charge is -2.32. The van der Waals surface area contributed by atoms with E-state index in [0.717, 1.165) is 0 Å². The molecule has 1 heterocycles. The van der Waals surface area contributed by atoms with Gasteiger partial charge in [0.2, 0.25) is 10.0 Å². The van der Waals surface area contributed by atoms with E-state index in [1.807, 2.05) is 6.92 Å². The normalized spacial score (nSPS) is 21.8. The van der Waals surface area contributed by atoms with Crippen LogP contribution < -0.4 is 11.3 Å². The summed E-state index contributed by atoms with van der Waals surface area (Å²) < 4.78 is 31.8. The van der Waals surface area contributed by atoms with E-state index in [1.54, 1.807) is 24.3 Å². The van der Waals surface area contributed by atoms with Crippen LogP contribution in [0, 0.1) is 0 Å². The van der Waals surface area contributed by atoms with Crippen molar-refractivity contribution in [2.75, 3.05) is 25.2 Å². The topological polar surface area (TPSA) is 84.7 Å². The van der Waals surface area contributed by atoms with Crippen molar-refractivity contribution < 1.29 is 13.2 Å². The standard InChI is InChI=1S/C11H17N3O3S/c1-9-8-17-7-6-14(9)18(15,16)11-5-3-2-4-10(11)13-12/h2-5,9,13H,6-8,12H2,1H3. The van der Waals surface area contributed by atoms with Gasteiger partial charge in [-0.2, -0.15) is 4.31 Å². The molecule has 7 heteroatoms. The van der Waals surface area contributed by atoms with Crippen LogP contribution in [0.15, 0.2) is 29.2 Å². The van der Waals surface area contributed by atoms with Crippen LogP contribution in [0.3, 0.4) is 0 Å². The number of sulfonamides is 1. The molecule has 1 aromatic rings. The largest absolute Gasteiger partial charge is 0.378 e. The Balaban J connectivity index is 2.41. The molecule has 0 radical (unpaired) electrons. The van der Waals surface area contributed by atoms with Crippen LogP contribution in [-0.2, 0) is 14.8 Å². The Labute approximate surface area is 107 Å². The van der Waals surface area contributed by atoms with Gasteiger partial charge in [-0.15, -0.1) is 0 Å². The third kappa shape index (κ3) is 2.35. The SMILES string of the molecule is CC1COCCN1S(=O)(=O)c1ccccc1NN. The molecule has 1 fully saturated rings. The van der Waals surface area contributed by atoms with Gasteiger partial charge >= 0.3 is 0 Å². The molecule has 100 valence electrons. The molecule has 1 atom stereocenters. The highest BCUT2D eigenvalue weighted by atomic mass is 32.2. The van der Waals surface area contributed by atoms with E-state index in [9.17, 15) is 8.42 Å². The molecule has 1 saturated heterocycles. The monoisotopic (exact) mass is 271 g/mol. The first kappa shape index (κ1) is 13.3. The summed E-state index contributed by atoms with van der Waals surface area (Å²) in [6.45, 7) is 3.02. The number of para-hydroxylation sites is 1. The Hall–Kier alpha value is -1.15. The molecular weight excluding hydrogens is 254 g/mol. The zero-order valence-corrected chi connectivity index (χ0v) is 11.0. The van der Waals surface area contributed by atoms with Crippen molar-refractivity contribution in [1.82, 2.24) is 4.31 Å². The summed E-state index contributed by atoms with van der Waals surface area (Å²) in [5, 5.41) is 0. The lowest BCUT2D eigenvalue weighted by atomic mass is 10.3. The van der Waals surface area contributed by atoms with Crippen molar-refractivity contribution in [2.24, 2.45) is 5.84 Å². The highest BCUT2D eigenvalue weighted by molar-refractivity contribution is 7.89. The number of hydrogen-bond donors (Lipinski definition) is 2. The van der Waals surface area contributed by atoms with E-state index in [2.05, 4.69) is 5.43 Å². The average Bonchev–Trinajstić information content (AvgIpc) is 2.39. The number of nitrogen functional groups attached to an aromatic ring is 1. The molecule has 0 spiro atoms. The number of nitrogens with zero attached hydrogens (tertiary/aromatic N) is 1. The summed E-state index contributed by atoms with van der Waals surface area (Å²) in [4.78, 5) is 0.196. The Bertz CT molecular complexity index is 518. The van der Waals surface area contributed by atoms with Gasteiger partial charge in [-0.05, 0) is 19.1 Å². The third-order valence-corrected chi connectivity index (χ3v) is 5.01. The summed E-state index contributed by atoms with van der Waals surface area (Å²) in [6, 6.07) is 6.43. The molecule has 0 aliphatic carbocycles. The molecule has 1 unspecified atom stereocenters. The number of rotatable bonds is 3. The van der Waals surface area contributed by atoms with E-state index in [4.69, 9.17) is 10.6 Å². The number of morpholine rings is 1. The summed E-state index contributed by atoms with van der Waals surface area (Å²) in [5.74, 6) is 5.35. The van der Waals surface area contributed by atoms with Crippen molar-refractivity contribution in [3.05, 3.63) is 24.3 Å². The second-order valence-electron chi connectivity index (χ2n) is 4.18. The maximum Gasteiger partial charge on any atom is 0.245 e. The van der Waals surface area contributed by atoms with Crippen molar-refractivity contribution in [3.63, 3.8) is 0 Å². The van der Waals surface area contributed by atoms with E-state index in [1.165, 1.54) is 4.31 Å². The first-order chi connectivity index (χ1) is 8.57. The van der Waals surface area contributed by atoms with Gasteiger partial charge < -0.3 is 10.2 Å². The maximum absolute atomic E-state index is 12.6. The molecule has 6 nitrogen and oxygen atoms in total. The number of nitrogens with two attached hydrogens (primary N) is 1. The van der Waals surface area contributed by atoms with E-state index < -0.39 is 10.0 Å². The van der Waals surface area contributed by atoms with Crippen LogP contribution >= 0.6 is 0 Å². The lowest BCUT2D eigenvalue weighted by molar-refractivity contribution is 0.0393. The van der Waals surface area contributed by atoms with Crippen LogP contribution in [0.1, 0.15) is 6.92 Å². The second kappa shape index (κ2) is 5.23. The van der Waals surface area contributed by atoms with Gasteiger partial charge in [-0.3, -0.25) is 5.84 Å². The van der Waals surface area contributed by atoms with E-state index in [-0.39, 0.29) is 10.9 Å². The van der Waals surface area contributed by atoms with Gasteiger partial charge in [0.25, 0.3) is 0 Å². The first-order valence-corrected chi connectivity index (χ1v) is 7.16. The lowest BCUT2D eigenvalue weighted by Crippen LogP contribution is -2.47. The number of hydrazine groups is 1. The van der Waals surface area contributed by atoms with Gasteiger partial charge in [-0.25, -0.2) is 8.42 Å². The Morgan fingerprint density at radius 2 is 2.17 bits per heavy atom. The fourth-order valence-electron chi connectivity index (χ4n) is 2.01. The second-order valence-corrected chi connectivity index (χ2v) is 6.04. The van der Waals surface area contributed by atoms with E-state index >= 15 is 0 Å². The van der Waals surface area contributed by atoms with Crippen LogP contribution in [0.2, 0.25) is 0 Å². The van der Waals surface area contributed by atoms with Crippen molar-refractivity contribution >= 4 is 15.7 Å². The quantitative estimate of drug-likeness (QED) is 0.613. The van der Waals surface area contributed by atoms with Gasteiger partial charge in [0.05, 0.1) is 18.9 Å². The Morgan fingerprint density at radius 1 is 1.44 bits per heavy atom. The Kier molecular flexibility index (Phi) is 3.86. The molecule has 0 amide bonds. The molecule has 1 aliphatic rings. The molecule has 18 heavy (non-hydrogen) atoms. The van der Waals surface area contributed by atoms with Gasteiger partial charge in [-0.1, -0.05) is 12.1 Å². The molecule has 1 aromatic carbocycles. The minimum Gasteiger partial charge on any atom is -0.378 e. The van der Waals surface area contributed by atoms with Gasteiger partial charge in [0, 0.05) is 12.6 Å². The number of hydrogen-bond acceptors (Lipinski definition) is 5. The zero-order valence-electron chi connectivity index (χ0n) is 10.2. The summed E-state index contributed by atoms with van der Waals surface area (Å²) >= 11 is 0. The summed E-state index contributed by atoms with van der Waals surface area (Å²) in [5.41, 5.74) is 2.82. The minimum atomic E-state index is -3.54. The number of benzene rings is 1. The van der Waals surface area contributed by atoms with Crippen molar-refractivity contribution in [1.29, 1.82) is 0 Å². The maximum atomic E-state index is 12.6. The predicted octanol–water partition coefficient (Wildman–Crippen LogP) is 0.382. The molecule has 1 aliphatic heterocycles. The number of anilines is 1. The van der Waals surface area contributed by atoms with Crippen molar-refractivity contribution in [3.8, 4) is 0 Å². The van der Waals surface area contributed by atoms with Gasteiger partial charge in [0.1, 0.15) is 4.90 Å².